The third-order valence-corrected chi connectivity index (χ3v) is 14.3. The van der Waals surface area contributed by atoms with Crippen molar-refractivity contribution in [1.82, 2.24) is 63.4 Å². The van der Waals surface area contributed by atoms with Gasteiger partial charge in [-0.25, -0.2) is 4.79 Å². The summed E-state index contributed by atoms with van der Waals surface area (Å²) in [5.74, 6) is -23.2. The van der Waals surface area contributed by atoms with Crippen molar-refractivity contribution in [2.24, 2.45) is 17.6 Å². The number of carboxylic acids is 5. The molecule has 1 heterocycles. The highest BCUT2D eigenvalue weighted by molar-refractivity contribution is 6.01. The van der Waals surface area contributed by atoms with Gasteiger partial charge in [0.15, 0.2) is 0 Å². The first-order valence-corrected chi connectivity index (χ1v) is 29.3. The maximum absolute atomic E-state index is 13.9. The van der Waals surface area contributed by atoms with Crippen LogP contribution >= 0.6 is 0 Å². The lowest BCUT2D eigenvalue weighted by atomic mass is 9.97. The number of aliphatic hydroxyl groups is 2. The molecular formula is C56H83N13O24. The molecule has 1 aromatic rings. The lowest BCUT2D eigenvalue weighted by molar-refractivity contribution is -0.144. The molecule has 0 aliphatic carbocycles. The summed E-state index contributed by atoms with van der Waals surface area (Å²) < 4.78 is 0. The van der Waals surface area contributed by atoms with E-state index in [4.69, 9.17) is 5.73 Å². The van der Waals surface area contributed by atoms with E-state index in [9.17, 15) is 117 Å². The highest BCUT2D eigenvalue weighted by Gasteiger charge is 2.40. The lowest BCUT2D eigenvalue weighted by Crippen LogP contribution is -2.61. The Balaban J connectivity index is 2.21. The monoisotopic (exact) mass is 1320 g/mol. The quantitative estimate of drug-likeness (QED) is 0.0290. The highest BCUT2D eigenvalue weighted by Crippen LogP contribution is 2.18. The lowest BCUT2D eigenvalue weighted by Gasteiger charge is -2.28. The van der Waals surface area contributed by atoms with Crippen molar-refractivity contribution in [3.05, 3.63) is 35.9 Å². The summed E-state index contributed by atoms with van der Waals surface area (Å²) in [4.78, 5) is 221. The van der Waals surface area contributed by atoms with Crippen molar-refractivity contribution in [2.75, 3.05) is 26.3 Å². The Morgan fingerprint density at radius 1 is 0.473 bits per heavy atom. The second kappa shape index (κ2) is 38.7. The Labute approximate surface area is 531 Å². The number of carbonyl (C=O) groups excluding carboxylic acids is 12. The van der Waals surface area contributed by atoms with E-state index in [-0.39, 0.29) is 32.2 Å². The molecule has 37 nitrogen and oxygen atoms in total. The van der Waals surface area contributed by atoms with E-state index in [1.165, 1.54) is 6.92 Å². The summed E-state index contributed by atoms with van der Waals surface area (Å²) in [5.41, 5.74) is 5.91. The number of amides is 12. The molecule has 13 atom stereocenters. The summed E-state index contributed by atoms with van der Waals surface area (Å²) in [6, 6.07) is -13.0. The number of aliphatic carboxylic acids is 5. The predicted molar refractivity (Wildman–Crippen MR) is 316 cm³/mol. The number of nitrogens with zero attached hydrogens (tertiary/aromatic N) is 1. The van der Waals surface area contributed by atoms with E-state index in [2.05, 4.69) is 47.9 Å². The number of carbonyl (C=O) groups is 17. The van der Waals surface area contributed by atoms with Crippen LogP contribution in [0.1, 0.15) is 98.5 Å². The zero-order valence-electron chi connectivity index (χ0n) is 51.8. The van der Waals surface area contributed by atoms with E-state index in [0.29, 0.717) is 12.0 Å². The normalized spacial score (nSPS) is 16.5. The molecule has 20 N–H and O–H groups in total. The molecule has 0 unspecified atom stereocenters. The minimum Gasteiger partial charge on any atom is -0.481 e. The van der Waals surface area contributed by atoms with Gasteiger partial charge in [0.25, 0.3) is 0 Å². The largest absolute Gasteiger partial charge is 0.481 e. The average molecular weight is 1320 g/mol. The Morgan fingerprint density at radius 2 is 0.839 bits per heavy atom. The molecule has 1 saturated heterocycles. The topological polar surface area (TPSA) is 593 Å². The van der Waals surface area contributed by atoms with Crippen molar-refractivity contribution in [3.8, 4) is 0 Å². The van der Waals surface area contributed by atoms with Gasteiger partial charge in [0.2, 0.25) is 70.9 Å². The first-order chi connectivity index (χ1) is 43.6. The zero-order chi connectivity index (χ0) is 70.6. The Kier molecular flexibility index (Phi) is 33.0. The standard InChI is InChI=1S/C56H83N13O24/c1-7-26(4)44(68-46(82)28(6)59-47(83)31(18-40(73)74)61-50(86)34(21-43(79)80)63-54(90)38-14-11-15-69(38)39(72)22-57)55(91)64-32(19-41(75)76)48(84)58-27(5)45(81)60-30(16-25(2)3)49(85)66-37(24-71)53(89)67-36(23-70)52(88)62-33(20-42(77)78)51(87)65-35(56(92)93)17-29-12-9-8-10-13-29/h8-10,12-13,25-28,30-38,44,70-71H,7,11,14-24,57H2,1-6H3,(H,58,84)(H,59,83)(H,60,81)(H,61,86)(H,62,88)(H,63,90)(H,64,91)(H,65,87)(H,66,85)(H,67,89)(H,68,82)(H,73,74)(H,75,76)(H,77,78)(H,79,80)(H,92,93)/t26-,27-,28-,30-,31-,32-,33-,34-,35-,36-,37-,38-,44-/m0/s1. The fraction of sp³-hybridized carbons (Fsp3) is 0.589. The molecule has 2 rings (SSSR count). The molecule has 516 valence electrons. The van der Waals surface area contributed by atoms with E-state index in [1.54, 1.807) is 51.1 Å². The molecule has 0 radical (unpaired) electrons. The van der Waals surface area contributed by atoms with Gasteiger partial charge in [0, 0.05) is 13.0 Å². The number of hydrogen-bond donors (Lipinski definition) is 19. The molecule has 0 saturated carbocycles. The minimum atomic E-state index is -2.02. The first-order valence-electron chi connectivity index (χ1n) is 29.3. The van der Waals surface area contributed by atoms with Gasteiger partial charge in [-0.3, -0.25) is 76.7 Å². The van der Waals surface area contributed by atoms with Crippen LogP contribution in [0.2, 0.25) is 0 Å². The fourth-order valence-electron chi connectivity index (χ4n) is 9.06. The fourth-order valence-corrected chi connectivity index (χ4v) is 9.06. The molecule has 1 aliphatic heterocycles. The molecule has 1 fully saturated rings. The van der Waals surface area contributed by atoms with Crippen LogP contribution < -0.4 is 64.2 Å². The molecule has 93 heavy (non-hydrogen) atoms. The van der Waals surface area contributed by atoms with Crippen molar-refractivity contribution < 1.29 is 117 Å². The summed E-state index contributed by atoms with van der Waals surface area (Å²) in [7, 11) is 0. The zero-order valence-corrected chi connectivity index (χ0v) is 51.8. The minimum absolute atomic E-state index is 0.135. The maximum Gasteiger partial charge on any atom is 0.326 e. The van der Waals surface area contributed by atoms with Crippen molar-refractivity contribution in [1.29, 1.82) is 0 Å². The average Bonchev–Trinajstić information content (AvgIpc) is 1.86. The Hall–Kier alpha value is -9.91. The van der Waals surface area contributed by atoms with Gasteiger partial charge in [-0.15, -0.1) is 0 Å². The summed E-state index contributed by atoms with van der Waals surface area (Å²) in [5, 5.41) is 92.2. The molecule has 1 aliphatic rings. The van der Waals surface area contributed by atoms with Crippen LogP contribution in [0.4, 0.5) is 0 Å². The molecule has 0 aromatic heterocycles. The molecule has 0 bridgehead atoms. The molecule has 12 amide bonds. The van der Waals surface area contributed by atoms with Crippen LogP contribution in [0.15, 0.2) is 30.3 Å². The summed E-state index contributed by atoms with van der Waals surface area (Å²) >= 11 is 0. The van der Waals surface area contributed by atoms with Gasteiger partial charge < -0.3 is 105 Å². The maximum atomic E-state index is 13.9. The van der Waals surface area contributed by atoms with Crippen LogP contribution in [0.3, 0.4) is 0 Å². The SMILES string of the molecule is CC[C@H](C)[C@H](NC(=O)[C@H](C)NC(=O)[C@H](CC(=O)O)NC(=O)[C@H](CC(=O)O)NC(=O)[C@@H]1CCCN1C(=O)CN)C(=O)N[C@@H](CC(=O)O)C(=O)N[C@@H](C)C(=O)N[C@@H](CC(C)C)C(=O)N[C@@H](CO)C(=O)N[C@@H](CO)C(=O)N[C@@H](CC(=O)O)C(=O)N[C@@H](Cc1ccccc1)C(=O)O. The molecule has 1 aromatic carbocycles. The van der Waals surface area contributed by atoms with Gasteiger partial charge in [-0.2, -0.15) is 0 Å². The van der Waals surface area contributed by atoms with E-state index >= 15 is 0 Å². The number of nitrogens with two attached hydrogens (primary N) is 1. The summed E-state index contributed by atoms with van der Waals surface area (Å²) in [6.45, 7) is 5.74. The van der Waals surface area contributed by atoms with Crippen LogP contribution in [-0.4, -0.2) is 240 Å². The Morgan fingerprint density at radius 3 is 1.24 bits per heavy atom. The number of benzene rings is 1. The van der Waals surface area contributed by atoms with Gasteiger partial charge in [0.05, 0.1) is 45.4 Å². The molecular weight excluding hydrogens is 1240 g/mol. The number of nitrogens with one attached hydrogen (secondary N) is 11. The van der Waals surface area contributed by atoms with Crippen molar-refractivity contribution in [3.63, 3.8) is 0 Å². The second-order valence-electron chi connectivity index (χ2n) is 22.2. The van der Waals surface area contributed by atoms with E-state index < -0.39 is 231 Å². The first kappa shape index (κ1) is 79.2. The van der Waals surface area contributed by atoms with E-state index in [0.717, 1.165) is 18.7 Å². The molecule has 37 heteroatoms. The van der Waals surface area contributed by atoms with Crippen LogP contribution in [-0.2, 0) is 87.9 Å². The van der Waals surface area contributed by atoms with E-state index in [1.807, 2.05) is 10.6 Å². The number of likely N-dealkylation sites (tertiary alicyclic amines) is 1. The second-order valence-corrected chi connectivity index (χ2v) is 22.2. The number of hydrogen-bond acceptors (Lipinski definition) is 20. The third-order valence-electron chi connectivity index (χ3n) is 14.3. The predicted octanol–water partition coefficient (Wildman–Crippen LogP) is -7.39. The number of carboxylic acid groups (broad SMARTS) is 5. The van der Waals surface area contributed by atoms with Crippen LogP contribution in [0.25, 0.3) is 0 Å². The van der Waals surface area contributed by atoms with Gasteiger partial charge >= 0.3 is 29.8 Å². The van der Waals surface area contributed by atoms with Crippen molar-refractivity contribution >= 4 is 101 Å². The van der Waals surface area contributed by atoms with Crippen LogP contribution in [0.5, 0.6) is 0 Å². The van der Waals surface area contributed by atoms with Gasteiger partial charge in [0.1, 0.15) is 72.5 Å². The van der Waals surface area contributed by atoms with Gasteiger partial charge in [-0.05, 0) is 50.5 Å². The summed E-state index contributed by atoms with van der Waals surface area (Å²) in [6.07, 6.45) is -4.20. The van der Waals surface area contributed by atoms with Gasteiger partial charge in [-0.1, -0.05) is 64.4 Å². The smallest absolute Gasteiger partial charge is 0.326 e. The van der Waals surface area contributed by atoms with Crippen LogP contribution in [0, 0.1) is 11.8 Å². The number of rotatable bonds is 40. The Bertz CT molecular complexity index is 2900. The van der Waals surface area contributed by atoms with Crippen molar-refractivity contribution in [2.45, 2.75) is 172 Å². The highest BCUT2D eigenvalue weighted by atomic mass is 16.4. The number of aliphatic hydroxyl groups excluding tert-OH is 2. The third kappa shape index (κ3) is 26.8. The molecule has 0 spiro atoms.